The molecule has 2 aromatic rings. The third-order valence-corrected chi connectivity index (χ3v) is 2.65. The van der Waals surface area contributed by atoms with E-state index < -0.39 is 4.92 Å². The Labute approximate surface area is 110 Å². The van der Waals surface area contributed by atoms with Gasteiger partial charge in [-0.2, -0.15) is 0 Å². The van der Waals surface area contributed by atoms with Crippen molar-refractivity contribution >= 4 is 11.5 Å². The molecule has 0 saturated heterocycles. The summed E-state index contributed by atoms with van der Waals surface area (Å²) in [5.41, 5.74) is 0.760. The van der Waals surface area contributed by atoms with Crippen molar-refractivity contribution in [2.24, 2.45) is 0 Å². The van der Waals surface area contributed by atoms with E-state index in [0.717, 1.165) is 18.7 Å². The topological polar surface area (TPSA) is 85.9 Å². The van der Waals surface area contributed by atoms with Gasteiger partial charge in [0.05, 0.1) is 11.3 Å². The molecule has 2 aromatic heterocycles. The van der Waals surface area contributed by atoms with Gasteiger partial charge in [0, 0.05) is 37.2 Å². The fourth-order valence-electron chi connectivity index (χ4n) is 1.71. The van der Waals surface area contributed by atoms with Gasteiger partial charge < -0.3 is 9.88 Å². The molecule has 0 fully saturated rings. The van der Waals surface area contributed by atoms with Crippen molar-refractivity contribution < 1.29 is 4.92 Å². The van der Waals surface area contributed by atoms with Crippen LogP contribution in [0.3, 0.4) is 0 Å². The van der Waals surface area contributed by atoms with Gasteiger partial charge in [0.1, 0.15) is 0 Å². The van der Waals surface area contributed by atoms with Crippen molar-refractivity contribution in [3.05, 3.63) is 46.7 Å². The molecule has 0 atom stereocenters. The van der Waals surface area contributed by atoms with Crippen molar-refractivity contribution in [1.82, 2.24) is 14.5 Å². The Balaban J connectivity index is 1.91. The summed E-state index contributed by atoms with van der Waals surface area (Å²) in [6.07, 6.45) is 6.18. The van der Waals surface area contributed by atoms with E-state index in [-0.39, 0.29) is 5.69 Å². The second-order valence-electron chi connectivity index (χ2n) is 4.16. The lowest BCUT2D eigenvalue weighted by atomic mass is 10.3. The molecule has 19 heavy (non-hydrogen) atoms. The first-order valence-electron chi connectivity index (χ1n) is 5.98. The first kappa shape index (κ1) is 13.0. The van der Waals surface area contributed by atoms with Crippen LogP contribution in [0.25, 0.3) is 0 Å². The monoisotopic (exact) mass is 261 g/mol. The highest BCUT2D eigenvalue weighted by Gasteiger charge is 2.14. The van der Waals surface area contributed by atoms with Crippen LogP contribution in [0.15, 0.2) is 30.9 Å². The third kappa shape index (κ3) is 3.51. The fraction of sp³-hybridized carbons (Fsp3) is 0.333. The number of nitrogens with zero attached hydrogens (tertiary/aromatic N) is 4. The van der Waals surface area contributed by atoms with Gasteiger partial charge in [0.25, 0.3) is 0 Å². The van der Waals surface area contributed by atoms with Crippen LogP contribution < -0.4 is 5.32 Å². The van der Waals surface area contributed by atoms with Crippen molar-refractivity contribution in [3.8, 4) is 0 Å². The summed E-state index contributed by atoms with van der Waals surface area (Å²) >= 11 is 0. The Morgan fingerprint density at radius 1 is 1.47 bits per heavy atom. The van der Waals surface area contributed by atoms with Crippen LogP contribution in [0.5, 0.6) is 0 Å². The second kappa shape index (κ2) is 5.94. The highest BCUT2D eigenvalue weighted by molar-refractivity contribution is 5.55. The largest absolute Gasteiger partial charge is 0.364 e. The summed E-state index contributed by atoms with van der Waals surface area (Å²) in [4.78, 5) is 18.5. The lowest BCUT2D eigenvalue weighted by Crippen LogP contribution is -2.09. The minimum absolute atomic E-state index is 0.00762. The molecule has 0 aliphatic heterocycles. The molecule has 1 N–H and O–H groups in total. The molecule has 0 bridgehead atoms. The lowest BCUT2D eigenvalue weighted by Gasteiger charge is -2.07. The van der Waals surface area contributed by atoms with Crippen LogP contribution in [-0.4, -0.2) is 26.0 Å². The van der Waals surface area contributed by atoms with Gasteiger partial charge >= 0.3 is 5.69 Å². The predicted molar refractivity (Wildman–Crippen MR) is 71.0 cm³/mol. The highest BCUT2D eigenvalue weighted by atomic mass is 16.6. The van der Waals surface area contributed by atoms with E-state index in [2.05, 4.69) is 15.3 Å². The molecule has 0 aliphatic rings. The van der Waals surface area contributed by atoms with Crippen LogP contribution in [-0.2, 0) is 6.54 Å². The minimum atomic E-state index is -0.426. The van der Waals surface area contributed by atoms with Gasteiger partial charge in [-0.05, 0) is 19.4 Å². The van der Waals surface area contributed by atoms with E-state index in [9.17, 15) is 10.1 Å². The van der Waals surface area contributed by atoms with E-state index in [1.807, 2.05) is 10.8 Å². The molecule has 0 saturated carbocycles. The second-order valence-corrected chi connectivity index (χ2v) is 4.16. The van der Waals surface area contributed by atoms with E-state index in [4.69, 9.17) is 0 Å². The SMILES string of the molecule is Cc1ccc([N+](=O)[O-])c(NCCCn2ccnc2)n1. The number of pyridine rings is 1. The van der Waals surface area contributed by atoms with E-state index >= 15 is 0 Å². The Hall–Kier alpha value is -2.44. The molecule has 100 valence electrons. The minimum Gasteiger partial charge on any atom is -0.364 e. The maximum atomic E-state index is 10.9. The van der Waals surface area contributed by atoms with Crippen molar-refractivity contribution in [3.63, 3.8) is 0 Å². The van der Waals surface area contributed by atoms with Gasteiger partial charge in [-0.15, -0.1) is 0 Å². The normalized spacial score (nSPS) is 10.4. The molecule has 7 heteroatoms. The predicted octanol–water partition coefficient (Wildman–Crippen LogP) is 2.00. The van der Waals surface area contributed by atoms with Gasteiger partial charge in [-0.1, -0.05) is 0 Å². The number of anilines is 1. The van der Waals surface area contributed by atoms with Gasteiger partial charge in [0.15, 0.2) is 0 Å². The van der Waals surface area contributed by atoms with E-state index in [1.165, 1.54) is 6.07 Å². The number of nitrogens with one attached hydrogen (secondary N) is 1. The average molecular weight is 261 g/mol. The molecule has 2 heterocycles. The highest BCUT2D eigenvalue weighted by Crippen LogP contribution is 2.21. The summed E-state index contributed by atoms with van der Waals surface area (Å²) in [6, 6.07) is 3.11. The average Bonchev–Trinajstić information content (AvgIpc) is 2.87. The number of hydrogen-bond acceptors (Lipinski definition) is 5. The molecule has 7 nitrogen and oxygen atoms in total. The number of imidazole rings is 1. The molecule has 0 radical (unpaired) electrons. The zero-order valence-electron chi connectivity index (χ0n) is 10.6. The van der Waals surface area contributed by atoms with Crippen LogP contribution in [0.1, 0.15) is 12.1 Å². The van der Waals surface area contributed by atoms with E-state index in [0.29, 0.717) is 12.4 Å². The first-order chi connectivity index (χ1) is 9.16. The van der Waals surface area contributed by atoms with Gasteiger partial charge in [-0.25, -0.2) is 9.97 Å². The summed E-state index contributed by atoms with van der Waals surface area (Å²) in [7, 11) is 0. The first-order valence-corrected chi connectivity index (χ1v) is 5.98. The summed E-state index contributed by atoms with van der Waals surface area (Å²) in [5, 5.41) is 13.9. The van der Waals surface area contributed by atoms with Gasteiger partial charge in [0.2, 0.25) is 5.82 Å². The third-order valence-electron chi connectivity index (χ3n) is 2.65. The number of hydrogen-bond donors (Lipinski definition) is 1. The van der Waals surface area contributed by atoms with Crippen molar-refractivity contribution in [1.29, 1.82) is 0 Å². The van der Waals surface area contributed by atoms with Crippen molar-refractivity contribution in [2.45, 2.75) is 19.9 Å². The Kier molecular flexibility index (Phi) is 4.07. The molecule has 0 unspecified atom stereocenters. The number of nitro groups is 1. The molecule has 0 spiro atoms. The van der Waals surface area contributed by atoms with Crippen LogP contribution in [0, 0.1) is 17.0 Å². The van der Waals surface area contributed by atoms with Crippen LogP contribution in [0.4, 0.5) is 11.5 Å². The van der Waals surface area contributed by atoms with Crippen LogP contribution in [0.2, 0.25) is 0 Å². The molecule has 0 aliphatic carbocycles. The molecular formula is C12H15N5O2. The Morgan fingerprint density at radius 2 is 2.32 bits per heavy atom. The maximum Gasteiger partial charge on any atom is 0.311 e. The molecule has 0 amide bonds. The fourth-order valence-corrected chi connectivity index (χ4v) is 1.71. The van der Waals surface area contributed by atoms with Crippen molar-refractivity contribution in [2.75, 3.05) is 11.9 Å². The Bertz CT molecular complexity index is 553. The molecule has 0 aromatic carbocycles. The molecule has 2 rings (SSSR count). The maximum absolute atomic E-state index is 10.9. The van der Waals surface area contributed by atoms with Gasteiger partial charge in [-0.3, -0.25) is 10.1 Å². The quantitative estimate of drug-likeness (QED) is 0.488. The zero-order chi connectivity index (χ0) is 13.7. The molecular weight excluding hydrogens is 246 g/mol. The standard InChI is InChI=1S/C12H15N5O2/c1-10-3-4-11(17(18)19)12(15-10)14-5-2-7-16-8-6-13-9-16/h3-4,6,8-9H,2,5,7H2,1H3,(H,14,15). The smallest absolute Gasteiger partial charge is 0.311 e. The number of rotatable bonds is 6. The summed E-state index contributed by atoms with van der Waals surface area (Å²) in [5.74, 6) is 0.329. The summed E-state index contributed by atoms with van der Waals surface area (Å²) in [6.45, 7) is 3.24. The number of aryl methyl sites for hydroxylation is 2. The Morgan fingerprint density at radius 3 is 3.00 bits per heavy atom. The van der Waals surface area contributed by atoms with Crippen LogP contribution >= 0.6 is 0 Å². The zero-order valence-corrected chi connectivity index (χ0v) is 10.6. The lowest BCUT2D eigenvalue weighted by molar-refractivity contribution is -0.384. The summed E-state index contributed by atoms with van der Waals surface area (Å²) < 4.78 is 1.96. The van der Waals surface area contributed by atoms with E-state index in [1.54, 1.807) is 25.5 Å². The number of aromatic nitrogens is 3.